The summed E-state index contributed by atoms with van der Waals surface area (Å²) in [6, 6.07) is 10.7. The van der Waals surface area contributed by atoms with Crippen molar-refractivity contribution in [3.63, 3.8) is 0 Å². The maximum absolute atomic E-state index is 5.77. The molecule has 0 aromatic heterocycles. The second-order valence-electron chi connectivity index (χ2n) is 4.53. The van der Waals surface area contributed by atoms with Crippen LogP contribution in [0, 0.1) is 5.92 Å². The summed E-state index contributed by atoms with van der Waals surface area (Å²) in [5.74, 6) is 0.782. The summed E-state index contributed by atoms with van der Waals surface area (Å²) in [4.78, 5) is 0. The molecule has 1 heterocycles. The molecule has 1 heteroatoms. The molecule has 1 aliphatic carbocycles. The minimum absolute atomic E-state index is 0.123. The van der Waals surface area contributed by atoms with Gasteiger partial charge >= 0.3 is 0 Å². The van der Waals surface area contributed by atoms with E-state index < -0.39 is 0 Å². The average Bonchev–Trinajstić information content (AvgIpc) is 2.88. The molecule has 3 rings (SSSR count). The molecule has 1 saturated carbocycles. The van der Waals surface area contributed by atoms with Gasteiger partial charge in [-0.1, -0.05) is 43.2 Å². The van der Waals surface area contributed by atoms with E-state index in [1.165, 1.54) is 31.2 Å². The van der Waals surface area contributed by atoms with E-state index in [1.54, 1.807) is 0 Å². The van der Waals surface area contributed by atoms with Crippen LogP contribution in [0.3, 0.4) is 0 Å². The summed E-state index contributed by atoms with van der Waals surface area (Å²) in [5.41, 5.74) is 1.52. The lowest BCUT2D eigenvalue weighted by atomic mass is 9.85. The normalized spacial score (nSPS) is 32.0. The molecule has 1 aromatic rings. The topological polar surface area (TPSA) is 12.5 Å². The Morgan fingerprint density at radius 1 is 1.07 bits per heavy atom. The van der Waals surface area contributed by atoms with Crippen LogP contribution in [0.15, 0.2) is 30.3 Å². The standard InChI is InChI=1S/C13H16O/c1-2-6-11(7-3-1)13(10-14-13)12-8-4-5-9-12/h1-3,6-7,12H,4-5,8-10H2. The first-order valence-electron chi connectivity index (χ1n) is 5.61. The number of rotatable bonds is 2. The van der Waals surface area contributed by atoms with Crippen molar-refractivity contribution >= 4 is 0 Å². The smallest absolute Gasteiger partial charge is 0.119 e. The monoisotopic (exact) mass is 188 g/mol. The Morgan fingerprint density at radius 3 is 2.29 bits per heavy atom. The van der Waals surface area contributed by atoms with Crippen LogP contribution >= 0.6 is 0 Å². The maximum atomic E-state index is 5.77. The van der Waals surface area contributed by atoms with Crippen LogP contribution in [0.1, 0.15) is 31.2 Å². The predicted octanol–water partition coefficient (Wildman–Crippen LogP) is 3.10. The van der Waals surface area contributed by atoms with Crippen molar-refractivity contribution in [2.24, 2.45) is 5.92 Å². The third kappa shape index (κ3) is 1.19. The first-order valence-corrected chi connectivity index (χ1v) is 5.61. The summed E-state index contributed by atoms with van der Waals surface area (Å²) in [6.45, 7) is 0.946. The number of hydrogen-bond acceptors (Lipinski definition) is 1. The van der Waals surface area contributed by atoms with Crippen LogP contribution in [0.2, 0.25) is 0 Å². The lowest BCUT2D eigenvalue weighted by Crippen LogP contribution is -2.19. The van der Waals surface area contributed by atoms with Gasteiger partial charge in [-0.25, -0.2) is 0 Å². The van der Waals surface area contributed by atoms with Crippen molar-refractivity contribution in [3.05, 3.63) is 35.9 Å². The van der Waals surface area contributed by atoms with Crippen LogP contribution in [0.4, 0.5) is 0 Å². The van der Waals surface area contributed by atoms with E-state index in [0.717, 1.165) is 12.5 Å². The molecule has 1 saturated heterocycles. The van der Waals surface area contributed by atoms with Gasteiger partial charge in [0.05, 0.1) is 6.61 Å². The second kappa shape index (κ2) is 3.09. The zero-order valence-corrected chi connectivity index (χ0v) is 8.41. The van der Waals surface area contributed by atoms with Crippen LogP contribution in [0.25, 0.3) is 0 Å². The largest absolute Gasteiger partial charge is 0.364 e. The quantitative estimate of drug-likeness (QED) is 0.650. The zero-order chi connectivity index (χ0) is 9.43. The summed E-state index contributed by atoms with van der Waals surface area (Å²) in [5, 5.41) is 0. The van der Waals surface area contributed by atoms with Gasteiger partial charge in [-0.2, -0.15) is 0 Å². The average molecular weight is 188 g/mol. The number of benzene rings is 1. The van der Waals surface area contributed by atoms with Gasteiger partial charge < -0.3 is 4.74 Å². The van der Waals surface area contributed by atoms with Crippen molar-refractivity contribution in [2.45, 2.75) is 31.3 Å². The minimum Gasteiger partial charge on any atom is -0.364 e. The van der Waals surface area contributed by atoms with Crippen molar-refractivity contribution in [1.82, 2.24) is 0 Å². The van der Waals surface area contributed by atoms with Gasteiger partial charge in [0, 0.05) is 0 Å². The van der Waals surface area contributed by atoms with E-state index in [2.05, 4.69) is 30.3 Å². The van der Waals surface area contributed by atoms with Crippen molar-refractivity contribution in [3.8, 4) is 0 Å². The van der Waals surface area contributed by atoms with Crippen LogP contribution < -0.4 is 0 Å². The van der Waals surface area contributed by atoms with Gasteiger partial charge in [-0.05, 0) is 24.3 Å². The molecule has 1 aliphatic heterocycles. The molecule has 14 heavy (non-hydrogen) atoms. The van der Waals surface area contributed by atoms with E-state index in [1.807, 2.05) is 0 Å². The second-order valence-corrected chi connectivity index (χ2v) is 4.53. The van der Waals surface area contributed by atoms with E-state index >= 15 is 0 Å². The third-order valence-corrected chi connectivity index (χ3v) is 3.73. The van der Waals surface area contributed by atoms with Gasteiger partial charge in [-0.3, -0.25) is 0 Å². The molecule has 2 fully saturated rings. The summed E-state index contributed by atoms with van der Waals surface area (Å²) in [6.07, 6.45) is 5.50. The molecular formula is C13H16O. The Bertz CT molecular complexity index is 307. The molecule has 0 bridgehead atoms. The molecule has 2 aliphatic rings. The predicted molar refractivity (Wildman–Crippen MR) is 56.0 cm³/mol. The summed E-state index contributed by atoms with van der Waals surface area (Å²) in [7, 11) is 0. The molecule has 1 nitrogen and oxygen atoms in total. The fourth-order valence-electron chi connectivity index (χ4n) is 2.83. The van der Waals surface area contributed by atoms with Gasteiger partial charge in [-0.15, -0.1) is 0 Å². The molecule has 0 radical (unpaired) electrons. The highest BCUT2D eigenvalue weighted by Gasteiger charge is 2.53. The molecule has 0 N–H and O–H groups in total. The van der Waals surface area contributed by atoms with Gasteiger partial charge in [0.25, 0.3) is 0 Å². The summed E-state index contributed by atoms with van der Waals surface area (Å²) < 4.78 is 5.77. The van der Waals surface area contributed by atoms with E-state index in [0.29, 0.717) is 0 Å². The van der Waals surface area contributed by atoms with Gasteiger partial charge in [0.2, 0.25) is 0 Å². The Kier molecular flexibility index (Phi) is 1.88. The number of hydrogen-bond donors (Lipinski definition) is 0. The van der Waals surface area contributed by atoms with Crippen molar-refractivity contribution < 1.29 is 4.74 Å². The van der Waals surface area contributed by atoms with E-state index in [4.69, 9.17) is 4.74 Å². The Hall–Kier alpha value is -0.820. The molecule has 1 aromatic carbocycles. The molecule has 74 valence electrons. The molecule has 0 amide bonds. The minimum atomic E-state index is 0.123. The van der Waals surface area contributed by atoms with Crippen LogP contribution in [-0.2, 0) is 10.3 Å². The first kappa shape index (κ1) is 8.49. The SMILES string of the molecule is c1ccc(C2(C3CCCC3)CO2)cc1. The molecule has 1 unspecified atom stereocenters. The lowest BCUT2D eigenvalue weighted by molar-refractivity contribution is 0.220. The fraction of sp³-hybridized carbons (Fsp3) is 0.538. The van der Waals surface area contributed by atoms with Gasteiger partial charge in [0.1, 0.15) is 5.60 Å². The Morgan fingerprint density at radius 2 is 1.71 bits per heavy atom. The van der Waals surface area contributed by atoms with Crippen molar-refractivity contribution in [1.29, 1.82) is 0 Å². The molecular weight excluding hydrogens is 172 g/mol. The highest BCUT2D eigenvalue weighted by Crippen LogP contribution is 2.51. The van der Waals surface area contributed by atoms with Crippen LogP contribution in [0.5, 0.6) is 0 Å². The van der Waals surface area contributed by atoms with Crippen molar-refractivity contribution in [2.75, 3.05) is 6.61 Å². The summed E-state index contributed by atoms with van der Waals surface area (Å²) >= 11 is 0. The third-order valence-electron chi connectivity index (χ3n) is 3.73. The maximum Gasteiger partial charge on any atom is 0.119 e. The van der Waals surface area contributed by atoms with E-state index in [9.17, 15) is 0 Å². The molecule has 1 atom stereocenters. The Labute approximate surface area is 85.1 Å². The Balaban J connectivity index is 1.89. The highest BCUT2D eigenvalue weighted by molar-refractivity contribution is 5.28. The number of epoxide rings is 1. The van der Waals surface area contributed by atoms with Crippen LogP contribution in [-0.4, -0.2) is 6.61 Å². The van der Waals surface area contributed by atoms with Gasteiger partial charge in [0.15, 0.2) is 0 Å². The lowest BCUT2D eigenvalue weighted by Gasteiger charge is -2.19. The highest BCUT2D eigenvalue weighted by atomic mass is 16.6. The number of ether oxygens (including phenoxy) is 1. The first-order chi connectivity index (χ1) is 6.92. The zero-order valence-electron chi connectivity index (χ0n) is 8.41. The molecule has 0 spiro atoms. The fourth-order valence-corrected chi connectivity index (χ4v) is 2.83. The van der Waals surface area contributed by atoms with E-state index in [-0.39, 0.29) is 5.60 Å².